The third kappa shape index (κ3) is 1.57. The summed E-state index contributed by atoms with van der Waals surface area (Å²) in [5.74, 6) is -0.160. The normalized spacial score (nSPS) is 31.7. The Balaban J connectivity index is 3.00. The number of carbonyl (C=O) groups is 1. The van der Waals surface area contributed by atoms with Gasteiger partial charge in [0.15, 0.2) is 0 Å². The van der Waals surface area contributed by atoms with Gasteiger partial charge in [-0.05, 0) is 5.92 Å². The number of hydrogen-bond donors (Lipinski definition) is 1. The standard InChI is InChI=1S/C11H15NO/c1-8-6-4-5-7-11(8,3)9(2)10(12)13/h4-8H,2H2,1,3H3,(H2,12,13). The highest BCUT2D eigenvalue weighted by molar-refractivity contribution is 5.93. The van der Waals surface area contributed by atoms with Crippen LogP contribution in [0, 0.1) is 11.3 Å². The fraction of sp³-hybridized carbons (Fsp3) is 0.364. The molecule has 0 radical (unpaired) electrons. The van der Waals surface area contributed by atoms with Crippen LogP contribution in [0.5, 0.6) is 0 Å². The van der Waals surface area contributed by atoms with E-state index in [2.05, 4.69) is 6.58 Å². The summed E-state index contributed by atoms with van der Waals surface area (Å²) in [6.45, 7) is 7.77. The minimum absolute atomic E-state index is 0.262. The molecule has 0 heterocycles. The molecular formula is C11H15NO. The molecule has 2 nitrogen and oxygen atoms in total. The zero-order valence-electron chi connectivity index (χ0n) is 8.08. The monoisotopic (exact) mass is 177 g/mol. The van der Waals surface area contributed by atoms with Crippen LogP contribution in [-0.2, 0) is 4.79 Å². The third-order valence-electron chi connectivity index (χ3n) is 2.85. The van der Waals surface area contributed by atoms with Gasteiger partial charge in [-0.15, -0.1) is 0 Å². The van der Waals surface area contributed by atoms with Gasteiger partial charge in [-0.1, -0.05) is 44.7 Å². The van der Waals surface area contributed by atoms with Crippen LogP contribution in [0.1, 0.15) is 13.8 Å². The molecule has 0 spiro atoms. The quantitative estimate of drug-likeness (QED) is 0.642. The fourth-order valence-corrected chi connectivity index (χ4v) is 1.48. The molecule has 2 unspecified atom stereocenters. The van der Waals surface area contributed by atoms with Gasteiger partial charge in [0.2, 0.25) is 5.91 Å². The number of allylic oxidation sites excluding steroid dienone is 4. The predicted octanol–water partition coefficient (Wildman–Crippen LogP) is 1.80. The molecule has 13 heavy (non-hydrogen) atoms. The highest BCUT2D eigenvalue weighted by atomic mass is 16.1. The van der Waals surface area contributed by atoms with E-state index in [1.807, 2.05) is 38.2 Å². The maximum Gasteiger partial charge on any atom is 0.244 e. The lowest BCUT2D eigenvalue weighted by atomic mass is 9.70. The van der Waals surface area contributed by atoms with Crippen LogP contribution in [0.2, 0.25) is 0 Å². The molecule has 70 valence electrons. The zero-order chi connectivity index (χ0) is 10.1. The summed E-state index contributed by atoms with van der Waals surface area (Å²) >= 11 is 0. The van der Waals surface area contributed by atoms with Crippen molar-refractivity contribution >= 4 is 5.91 Å². The molecule has 0 fully saturated rings. The lowest BCUT2D eigenvalue weighted by Gasteiger charge is -2.33. The number of hydrogen-bond acceptors (Lipinski definition) is 1. The maximum atomic E-state index is 11.0. The van der Waals surface area contributed by atoms with Crippen molar-refractivity contribution in [1.29, 1.82) is 0 Å². The second kappa shape index (κ2) is 3.21. The van der Waals surface area contributed by atoms with E-state index >= 15 is 0 Å². The van der Waals surface area contributed by atoms with Crippen molar-refractivity contribution < 1.29 is 4.79 Å². The van der Waals surface area contributed by atoms with Crippen LogP contribution in [0.4, 0.5) is 0 Å². The summed E-state index contributed by atoms with van der Waals surface area (Å²) in [5.41, 5.74) is 5.37. The average Bonchev–Trinajstić information content (AvgIpc) is 2.09. The van der Waals surface area contributed by atoms with Crippen molar-refractivity contribution in [1.82, 2.24) is 0 Å². The van der Waals surface area contributed by atoms with Crippen molar-refractivity contribution in [2.45, 2.75) is 13.8 Å². The Morgan fingerprint density at radius 3 is 2.62 bits per heavy atom. The molecule has 0 bridgehead atoms. The second-order valence-electron chi connectivity index (χ2n) is 3.66. The molecule has 1 amide bonds. The molecule has 2 heteroatoms. The molecule has 0 aromatic heterocycles. The topological polar surface area (TPSA) is 43.1 Å². The van der Waals surface area contributed by atoms with Crippen LogP contribution in [-0.4, -0.2) is 5.91 Å². The van der Waals surface area contributed by atoms with Crippen LogP contribution in [0.15, 0.2) is 36.5 Å². The van der Waals surface area contributed by atoms with Crippen LogP contribution < -0.4 is 5.73 Å². The summed E-state index contributed by atoms with van der Waals surface area (Å²) < 4.78 is 0. The van der Waals surface area contributed by atoms with Crippen molar-refractivity contribution in [3.63, 3.8) is 0 Å². The fourth-order valence-electron chi connectivity index (χ4n) is 1.48. The second-order valence-corrected chi connectivity index (χ2v) is 3.66. The van der Waals surface area contributed by atoms with E-state index in [4.69, 9.17) is 5.73 Å². The molecule has 2 atom stereocenters. The van der Waals surface area contributed by atoms with Gasteiger partial charge in [0.25, 0.3) is 0 Å². The Hall–Kier alpha value is -1.31. The SMILES string of the molecule is C=C(C(N)=O)C1(C)C=CC=CC1C. The number of nitrogens with two attached hydrogens (primary N) is 1. The predicted molar refractivity (Wildman–Crippen MR) is 53.9 cm³/mol. The Kier molecular flexibility index (Phi) is 2.41. The van der Waals surface area contributed by atoms with Gasteiger partial charge in [-0.3, -0.25) is 4.79 Å². The molecule has 0 saturated carbocycles. The first-order valence-electron chi connectivity index (χ1n) is 4.33. The van der Waals surface area contributed by atoms with E-state index in [1.165, 1.54) is 0 Å². The Morgan fingerprint density at radius 2 is 2.15 bits per heavy atom. The molecule has 0 aromatic carbocycles. The minimum atomic E-state index is -0.422. The van der Waals surface area contributed by atoms with E-state index in [0.717, 1.165) is 0 Å². The van der Waals surface area contributed by atoms with Crippen molar-refractivity contribution in [2.24, 2.45) is 17.1 Å². The van der Waals surface area contributed by atoms with E-state index in [9.17, 15) is 4.79 Å². The molecule has 0 saturated heterocycles. The molecular weight excluding hydrogens is 162 g/mol. The van der Waals surface area contributed by atoms with Crippen molar-refractivity contribution in [2.75, 3.05) is 0 Å². The summed E-state index contributed by atoms with van der Waals surface area (Å²) in [6.07, 6.45) is 7.92. The summed E-state index contributed by atoms with van der Waals surface area (Å²) in [7, 11) is 0. The highest BCUT2D eigenvalue weighted by Crippen LogP contribution is 2.38. The van der Waals surface area contributed by atoms with E-state index < -0.39 is 5.91 Å². The zero-order valence-corrected chi connectivity index (χ0v) is 8.08. The van der Waals surface area contributed by atoms with Gasteiger partial charge >= 0.3 is 0 Å². The minimum Gasteiger partial charge on any atom is -0.366 e. The lowest BCUT2D eigenvalue weighted by Crippen LogP contribution is -2.32. The van der Waals surface area contributed by atoms with Gasteiger partial charge in [-0.25, -0.2) is 0 Å². The van der Waals surface area contributed by atoms with Crippen molar-refractivity contribution in [3.05, 3.63) is 36.5 Å². The molecule has 0 aliphatic heterocycles. The maximum absolute atomic E-state index is 11.0. The van der Waals surface area contributed by atoms with E-state index in [-0.39, 0.29) is 11.3 Å². The number of primary amides is 1. The Bertz CT molecular complexity index is 301. The molecule has 1 aliphatic carbocycles. The largest absolute Gasteiger partial charge is 0.366 e. The Labute approximate surface area is 78.8 Å². The van der Waals surface area contributed by atoms with Crippen LogP contribution >= 0.6 is 0 Å². The third-order valence-corrected chi connectivity index (χ3v) is 2.85. The molecule has 0 aromatic rings. The molecule has 2 N–H and O–H groups in total. The first kappa shape index (κ1) is 9.78. The van der Waals surface area contributed by atoms with Crippen molar-refractivity contribution in [3.8, 4) is 0 Å². The van der Waals surface area contributed by atoms with Crippen LogP contribution in [0.3, 0.4) is 0 Å². The van der Waals surface area contributed by atoms with E-state index in [1.54, 1.807) is 0 Å². The number of rotatable bonds is 2. The van der Waals surface area contributed by atoms with Gasteiger partial charge in [-0.2, -0.15) is 0 Å². The first-order chi connectivity index (χ1) is 5.98. The highest BCUT2D eigenvalue weighted by Gasteiger charge is 2.33. The summed E-state index contributed by atoms with van der Waals surface area (Å²) in [4.78, 5) is 11.0. The summed E-state index contributed by atoms with van der Waals surface area (Å²) in [5, 5.41) is 0. The van der Waals surface area contributed by atoms with Crippen LogP contribution in [0.25, 0.3) is 0 Å². The average molecular weight is 177 g/mol. The number of carbonyl (C=O) groups excluding carboxylic acids is 1. The first-order valence-corrected chi connectivity index (χ1v) is 4.33. The van der Waals surface area contributed by atoms with Gasteiger partial charge in [0, 0.05) is 11.0 Å². The Morgan fingerprint density at radius 1 is 1.54 bits per heavy atom. The van der Waals surface area contributed by atoms with Gasteiger partial charge in [0.1, 0.15) is 0 Å². The molecule has 1 aliphatic rings. The molecule has 1 rings (SSSR count). The van der Waals surface area contributed by atoms with Gasteiger partial charge < -0.3 is 5.73 Å². The summed E-state index contributed by atoms with van der Waals surface area (Å²) in [6, 6.07) is 0. The lowest BCUT2D eigenvalue weighted by molar-refractivity contribution is -0.115. The van der Waals surface area contributed by atoms with E-state index in [0.29, 0.717) is 5.57 Å². The van der Waals surface area contributed by atoms with Gasteiger partial charge in [0.05, 0.1) is 0 Å². The number of amides is 1. The smallest absolute Gasteiger partial charge is 0.244 e.